The number of hydrogen-bond donors (Lipinski definition) is 0. The van der Waals surface area contributed by atoms with Crippen molar-refractivity contribution in [2.75, 3.05) is 33.4 Å². The van der Waals surface area contributed by atoms with Crippen LogP contribution in [0.5, 0.6) is 23.1 Å². The third-order valence-electron chi connectivity index (χ3n) is 5.79. The predicted octanol–water partition coefficient (Wildman–Crippen LogP) is 4.84. The highest BCUT2D eigenvalue weighted by molar-refractivity contribution is 5.87. The molecule has 164 valence electrons. The van der Waals surface area contributed by atoms with Gasteiger partial charge in [0, 0.05) is 30.3 Å². The maximum atomic E-state index is 6.11. The Bertz CT molecular complexity index is 1220. The number of fused-ring (bicyclic) bond motifs is 2. The van der Waals surface area contributed by atoms with Gasteiger partial charge in [-0.2, -0.15) is 0 Å². The monoisotopic (exact) mass is 430 g/mol. The first-order chi connectivity index (χ1) is 15.8. The molecule has 0 amide bonds. The van der Waals surface area contributed by atoms with E-state index in [1.165, 1.54) is 25.6 Å². The van der Waals surface area contributed by atoms with Crippen molar-refractivity contribution in [3.63, 3.8) is 0 Å². The Kier molecular flexibility index (Phi) is 5.98. The molecule has 1 aliphatic rings. The Balaban J connectivity index is 1.38. The van der Waals surface area contributed by atoms with Crippen LogP contribution in [0.15, 0.2) is 55.0 Å². The van der Waals surface area contributed by atoms with Crippen LogP contribution in [0.4, 0.5) is 0 Å². The van der Waals surface area contributed by atoms with E-state index in [9.17, 15) is 0 Å². The lowest BCUT2D eigenvalue weighted by Crippen LogP contribution is -2.33. The molecule has 3 heterocycles. The lowest BCUT2D eigenvalue weighted by molar-refractivity contribution is 0.180. The van der Waals surface area contributed by atoms with Gasteiger partial charge in [-0.1, -0.05) is 12.5 Å². The van der Waals surface area contributed by atoms with Crippen molar-refractivity contribution in [1.29, 1.82) is 0 Å². The number of aromatic nitrogens is 3. The number of piperidine rings is 1. The molecule has 2 aromatic carbocycles. The van der Waals surface area contributed by atoms with E-state index < -0.39 is 0 Å². The number of likely N-dealkylation sites (tertiary alicyclic amines) is 1. The fourth-order valence-electron chi connectivity index (χ4n) is 4.08. The van der Waals surface area contributed by atoms with Crippen LogP contribution in [-0.4, -0.2) is 53.2 Å². The molecule has 32 heavy (non-hydrogen) atoms. The van der Waals surface area contributed by atoms with Crippen molar-refractivity contribution in [2.45, 2.75) is 19.3 Å². The molecule has 0 atom stereocenters. The number of rotatable bonds is 7. The van der Waals surface area contributed by atoms with Gasteiger partial charge in [-0.05, 0) is 50.2 Å². The van der Waals surface area contributed by atoms with Gasteiger partial charge in [0.25, 0.3) is 0 Å². The van der Waals surface area contributed by atoms with E-state index >= 15 is 0 Å². The maximum Gasteiger partial charge on any atom is 0.230 e. The quantitative estimate of drug-likeness (QED) is 0.415. The highest BCUT2D eigenvalue weighted by Gasteiger charge is 2.15. The summed E-state index contributed by atoms with van der Waals surface area (Å²) in [6, 6.07) is 13.5. The average molecular weight is 431 g/mol. The first-order valence-corrected chi connectivity index (χ1v) is 11.0. The average Bonchev–Trinajstić information content (AvgIpc) is 2.84. The van der Waals surface area contributed by atoms with Crippen LogP contribution in [0.3, 0.4) is 0 Å². The fourth-order valence-corrected chi connectivity index (χ4v) is 4.08. The lowest BCUT2D eigenvalue weighted by Gasteiger charge is -2.26. The molecule has 4 aromatic rings. The molecule has 0 radical (unpaired) electrons. The predicted molar refractivity (Wildman–Crippen MR) is 124 cm³/mol. The van der Waals surface area contributed by atoms with Gasteiger partial charge in [-0.3, -0.25) is 9.88 Å². The van der Waals surface area contributed by atoms with Crippen molar-refractivity contribution in [2.24, 2.45) is 0 Å². The van der Waals surface area contributed by atoms with Crippen LogP contribution in [-0.2, 0) is 0 Å². The van der Waals surface area contributed by atoms with Gasteiger partial charge in [0.2, 0.25) is 5.88 Å². The van der Waals surface area contributed by atoms with Gasteiger partial charge in [-0.25, -0.2) is 9.97 Å². The van der Waals surface area contributed by atoms with E-state index in [0.29, 0.717) is 29.7 Å². The van der Waals surface area contributed by atoms with Crippen LogP contribution in [0.2, 0.25) is 0 Å². The summed E-state index contributed by atoms with van der Waals surface area (Å²) in [4.78, 5) is 15.6. The first-order valence-electron chi connectivity index (χ1n) is 11.0. The van der Waals surface area contributed by atoms with E-state index in [4.69, 9.17) is 14.2 Å². The molecular formula is C25H26N4O3. The molecule has 1 fully saturated rings. The van der Waals surface area contributed by atoms with Gasteiger partial charge in [-0.15, -0.1) is 0 Å². The molecule has 0 spiro atoms. The molecule has 0 bridgehead atoms. The van der Waals surface area contributed by atoms with E-state index in [1.54, 1.807) is 13.3 Å². The highest BCUT2D eigenvalue weighted by Crippen LogP contribution is 2.36. The van der Waals surface area contributed by atoms with Crippen molar-refractivity contribution in [3.8, 4) is 23.1 Å². The molecule has 2 aromatic heterocycles. The smallest absolute Gasteiger partial charge is 0.230 e. The first kappa shape index (κ1) is 20.5. The summed E-state index contributed by atoms with van der Waals surface area (Å²) in [6.07, 6.45) is 7.14. The molecule has 5 rings (SSSR count). The number of methoxy groups -OCH3 is 1. The van der Waals surface area contributed by atoms with Crippen molar-refractivity contribution >= 4 is 21.8 Å². The highest BCUT2D eigenvalue weighted by atomic mass is 16.5. The van der Waals surface area contributed by atoms with Gasteiger partial charge in [0.1, 0.15) is 18.7 Å². The van der Waals surface area contributed by atoms with Crippen LogP contribution in [0, 0.1) is 0 Å². The minimum atomic E-state index is 0.462. The van der Waals surface area contributed by atoms with Crippen LogP contribution >= 0.6 is 0 Å². The molecule has 7 nitrogen and oxygen atoms in total. The second-order valence-electron chi connectivity index (χ2n) is 7.91. The van der Waals surface area contributed by atoms with Gasteiger partial charge < -0.3 is 14.2 Å². The standard InChI is InChI=1S/C25H26N4O3/c1-30-23-15-20-22(16-24(23)31-13-12-29-10-3-2-4-11-29)27-17-28-25(20)32-19-8-7-18-6-5-9-26-21(18)14-19/h5-9,14-17H,2-4,10-13H2,1H3. The summed E-state index contributed by atoms with van der Waals surface area (Å²) >= 11 is 0. The van der Waals surface area contributed by atoms with Crippen LogP contribution in [0.1, 0.15) is 19.3 Å². The third-order valence-corrected chi connectivity index (χ3v) is 5.79. The van der Waals surface area contributed by atoms with E-state index in [0.717, 1.165) is 41.4 Å². The van der Waals surface area contributed by atoms with E-state index in [1.807, 2.05) is 42.5 Å². The van der Waals surface area contributed by atoms with Gasteiger partial charge in [0.15, 0.2) is 11.5 Å². The normalized spacial score (nSPS) is 14.5. The van der Waals surface area contributed by atoms with Crippen molar-refractivity contribution in [3.05, 3.63) is 55.0 Å². The molecule has 1 aliphatic heterocycles. The lowest BCUT2D eigenvalue weighted by atomic mass is 10.1. The number of pyridine rings is 1. The minimum Gasteiger partial charge on any atom is -0.493 e. The summed E-state index contributed by atoms with van der Waals surface area (Å²) in [6.45, 7) is 3.82. The molecule has 1 saturated heterocycles. The van der Waals surface area contributed by atoms with Crippen molar-refractivity contribution in [1.82, 2.24) is 19.9 Å². The molecule has 0 aliphatic carbocycles. The largest absolute Gasteiger partial charge is 0.493 e. The number of nitrogens with zero attached hydrogens (tertiary/aromatic N) is 4. The summed E-state index contributed by atoms with van der Waals surface area (Å²) < 4.78 is 17.8. The molecule has 7 heteroatoms. The Morgan fingerprint density at radius 1 is 0.906 bits per heavy atom. The molecule has 0 saturated carbocycles. The fraction of sp³-hybridized carbons (Fsp3) is 0.320. The summed E-state index contributed by atoms with van der Waals surface area (Å²) in [5, 5.41) is 1.81. The minimum absolute atomic E-state index is 0.462. The Hall–Kier alpha value is -3.45. The van der Waals surface area contributed by atoms with Gasteiger partial charge in [0.05, 0.1) is 23.5 Å². The van der Waals surface area contributed by atoms with Crippen LogP contribution < -0.4 is 14.2 Å². The number of hydrogen-bond acceptors (Lipinski definition) is 7. The Morgan fingerprint density at radius 2 is 1.81 bits per heavy atom. The Morgan fingerprint density at radius 3 is 2.69 bits per heavy atom. The zero-order valence-corrected chi connectivity index (χ0v) is 18.2. The third kappa shape index (κ3) is 4.43. The summed E-state index contributed by atoms with van der Waals surface area (Å²) in [5.74, 6) is 2.44. The molecular weight excluding hydrogens is 404 g/mol. The zero-order chi connectivity index (χ0) is 21.8. The summed E-state index contributed by atoms with van der Waals surface area (Å²) in [5.41, 5.74) is 1.60. The van der Waals surface area contributed by atoms with Crippen LogP contribution in [0.25, 0.3) is 21.8 Å². The number of benzene rings is 2. The molecule has 0 N–H and O–H groups in total. The number of ether oxygens (including phenoxy) is 3. The Labute approximate surface area is 187 Å². The SMILES string of the molecule is COc1cc2c(Oc3ccc4cccnc4c3)ncnc2cc1OCCN1CCCCC1. The van der Waals surface area contributed by atoms with E-state index in [2.05, 4.69) is 19.9 Å². The molecule has 0 unspecified atom stereocenters. The maximum absolute atomic E-state index is 6.11. The summed E-state index contributed by atoms with van der Waals surface area (Å²) in [7, 11) is 1.64. The van der Waals surface area contributed by atoms with Crippen molar-refractivity contribution < 1.29 is 14.2 Å². The topological polar surface area (TPSA) is 69.6 Å². The second kappa shape index (κ2) is 9.36. The zero-order valence-electron chi connectivity index (χ0n) is 18.2. The van der Waals surface area contributed by atoms with E-state index in [-0.39, 0.29) is 0 Å². The van der Waals surface area contributed by atoms with Gasteiger partial charge >= 0.3 is 0 Å². The second-order valence-corrected chi connectivity index (χ2v) is 7.91.